The number of amides is 1. The molecule has 5 nitrogen and oxygen atoms in total. The van der Waals surface area contributed by atoms with E-state index in [4.69, 9.17) is 10.3 Å². The van der Waals surface area contributed by atoms with Crippen molar-refractivity contribution in [2.75, 3.05) is 7.05 Å². The molecule has 0 aromatic heterocycles. The van der Waals surface area contributed by atoms with E-state index in [1.807, 2.05) is 0 Å². The first-order valence-corrected chi connectivity index (χ1v) is 2.41. The van der Waals surface area contributed by atoms with Gasteiger partial charge in [0.05, 0.1) is 0 Å². The van der Waals surface area contributed by atoms with Crippen molar-refractivity contribution in [2.24, 2.45) is 0 Å². The molecule has 0 radical (unpaired) electrons. The summed E-state index contributed by atoms with van der Waals surface area (Å²) in [5.41, 5.74) is 0. The number of carbonyl (C=O) groups is 2. The number of aliphatic carboxylic acids is 1. The van der Waals surface area contributed by atoms with Crippen LogP contribution in [-0.2, 0) is 9.59 Å². The normalized spacial score (nSPS) is 9.80. The SMILES string of the molecule is CN(O)C(=O)/C=C\C(=O)O. The molecule has 0 atom stereocenters. The predicted octanol–water partition coefficient (Wildman–Crippen LogP) is -0.525. The van der Waals surface area contributed by atoms with Crippen LogP contribution in [0.25, 0.3) is 0 Å². The number of likely N-dealkylation sites (N-methyl/N-ethyl adjacent to an activating group) is 1. The Balaban J connectivity index is 3.90. The van der Waals surface area contributed by atoms with Gasteiger partial charge in [0.1, 0.15) is 0 Å². The van der Waals surface area contributed by atoms with Crippen LogP contribution in [0.4, 0.5) is 0 Å². The summed E-state index contributed by atoms with van der Waals surface area (Å²) < 4.78 is 0. The summed E-state index contributed by atoms with van der Waals surface area (Å²) in [7, 11) is 1.11. The highest BCUT2D eigenvalue weighted by atomic mass is 16.5. The molecule has 0 saturated heterocycles. The number of rotatable bonds is 2. The molecular formula is C5H7NO4. The third kappa shape index (κ3) is 3.62. The third-order valence-corrected chi connectivity index (χ3v) is 0.687. The molecule has 0 aliphatic rings. The standard InChI is InChI=1S/C5H7NO4/c1-6(10)4(7)2-3-5(8)9/h2-3,10H,1H3,(H,8,9)/b3-2-. The fourth-order valence-corrected chi connectivity index (χ4v) is 0.250. The maximum atomic E-state index is 10.4. The summed E-state index contributed by atoms with van der Waals surface area (Å²) >= 11 is 0. The molecule has 10 heavy (non-hydrogen) atoms. The van der Waals surface area contributed by atoms with E-state index in [1.54, 1.807) is 0 Å². The van der Waals surface area contributed by atoms with Crippen LogP contribution in [0.2, 0.25) is 0 Å². The average molecular weight is 145 g/mol. The smallest absolute Gasteiger partial charge is 0.328 e. The predicted molar refractivity (Wildman–Crippen MR) is 31.3 cm³/mol. The maximum absolute atomic E-state index is 10.4. The number of carbonyl (C=O) groups excluding carboxylic acids is 1. The van der Waals surface area contributed by atoms with Crippen LogP contribution in [0.5, 0.6) is 0 Å². The van der Waals surface area contributed by atoms with Gasteiger partial charge in [-0.1, -0.05) is 0 Å². The highest BCUT2D eigenvalue weighted by molar-refractivity contribution is 5.93. The minimum atomic E-state index is -1.23. The first-order valence-electron chi connectivity index (χ1n) is 2.41. The first kappa shape index (κ1) is 8.64. The van der Waals surface area contributed by atoms with Crippen LogP contribution < -0.4 is 0 Å². The van der Waals surface area contributed by atoms with Gasteiger partial charge in [-0.05, 0) is 0 Å². The van der Waals surface area contributed by atoms with Crippen molar-refractivity contribution in [1.82, 2.24) is 5.06 Å². The van der Waals surface area contributed by atoms with E-state index in [1.165, 1.54) is 0 Å². The topological polar surface area (TPSA) is 77.8 Å². The molecule has 0 heterocycles. The van der Waals surface area contributed by atoms with Crippen molar-refractivity contribution in [3.8, 4) is 0 Å². The molecule has 0 unspecified atom stereocenters. The van der Waals surface area contributed by atoms with Gasteiger partial charge >= 0.3 is 5.97 Å². The number of hydrogen-bond donors (Lipinski definition) is 2. The number of nitrogens with zero attached hydrogens (tertiary/aromatic N) is 1. The Labute approximate surface area is 57.1 Å². The lowest BCUT2D eigenvalue weighted by Crippen LogP contribution is -2.19. The quantitative estimate of drug-likeness (QED) is 0.311. The molecule has 0 rings (SSSR count). The maximum Gasteiger partial charge on any atom is 0.328 e. The first-order chi connectivity index (χ1) is 4.54. The van der Waals surface area contributed by atoms with E-state index in [2.05, 4.69) is 0 Å². The second kappa shape index (κ2) is 3.62. The molecule has 0 saturated carbocycles. The van der Waals surface area contributed by atoms with Crippen LogP contribution in [-0.4, -0.2) is 34.3 Å². The van der Waals surface area contributed by atoms with Gasteiger partial charge in [0, 0.05) is 19.2 Å². The van der Waals surface area contributed by atoms with Gasteiger partial charge in [0.2, 0.25) is 0 Å². The van der Waals surface area contributed by atoms with Gasteiger partial charge in [-0.15, -0.1) is 0 Å². The minimum Gasteiger partial charge on any atom is -0.478 e. The van der Waals surface area contributed by atoms with Crippen molar-refractivity contribution in [3.05, 3.63) is 12.2 Å². The van der Waals surface area contributed by atoms with E-state index in [9.17, 15) is 9.59 Å². The van der Waals surface area contributed by atoms with E-state index < -0.39 is 11.9 Å². The number of carboxylic acids is 1. The number of carboxylic acid groups (broad SMARTS) is 1. The van der Waals surface area contributed by atoms with Gasteiger partial charge in [-0.2, -0.15) is 0 Å². The zero-order valence-electron chi connectivity index (χ0n) is 5.31. The zero-order valence-corrected chi connectivity index (χ0v) is 5.31. The molecule has 0 aromatic rings. The monoisotopic (exact) mass is 145 g/mol. The fraction of sp³-hybridized carbons (Fsp3) is 0.200. The van der Waals surface area contributed by atoms with Crippen molar-refractivity contribution in [1.29, 1.82) is 0 Å². The minimum absolute atomic E-state index is 0.291. The molecule has 0 aliphatic carbocycles. The molecule has 5 heteroatoms. The summed E-state index contributed by atoms with van der Waals surface area (Å²) in [5.74, 6) is -2.00. The molecule has 0 bridgehead atoms. The average Bonchev–Trinajstić information content (AvgIpc) is 1.82. The van der Waals surface area contributed by atoms with Crippen LogP contribution in [0.3, 0.4) is 0 Å². The molecule has 0 spiro atoms. The lowest BCUT2D eigenvalue weighted by Gasteiger charge is -2.01. The second-order valence-electron chi connectivity index (χ2n) is 1.53. The van der Waals surface area contributed by atoms with E-state index in [-0.39, 0.29) is 0 Å². The molecule has 2 N–H and O–H groups in total. The Morgan fingerprint density at radius 1 is 1.40 bits per heavy atom. The highest BCUT2D eigenvalue weighted by Gasteiger charge is 1.99. The van der Waals surface area contributed by atoms with Crippen LogP contribution in [0.15, 0.2) is 12.2 Å². The van der Waals surface area contributed by atoms with Crippen molar-refractivity contribution < 1.29 is 19.9 Å². The summed E-state index contributed by atoms with van der Waals surface area (Å²) in [6.45, 7) is 0. The molecular weight excluding hydrogens is 138 g/mol. The molecule has 1 amide bonds. The fourth-order valence-electron chi connectivity index (χ4n) is 0.250. The molecule has 56 valence electrons. The molecule has 0 aliphatic heterocycles. The van der Waals surface area contributed by atoms with Gasteiger partial charge in [-0.3, -0.25) is 10.0 Å². The second-order valence-corrected chi connectivity index (χ2v) is 1.53. The summed E-state index contributed by atoms with van der Waals surface area (Å²) in [4.78, 5) is 20.2. The van der Waals surface area contributed by atoms with E-state index in [0.29, 0.717) is 11.1 Å². The highest BCUT2D eigenvalue weighted by Crippen LogP contribution is 1.80. The third-order valence-electron chi connectivity index (χ3n) is 0.687. The summed E-state index contributed by atoms with van der Waals surface area (Å²) in [6.07, 6.45) is 1.40. The van der Waals surface area contributed by atoms with Gasteiger partial charge in [0.25, 0.3) is 5.91 Å². The van der Waals surface area contributed by atoms with Crippen LogP contribution in [0.1, 0.15) is 0 Å². The van der Waals surface area contributed by atoms with E-state index in [0.717, 1.165) is 13.1 Å². The molecule has 0 fully saturated rings. The Morgan fingerprint density at radius 2 is 1.90 bits per heavy atom. The lowest BCUT2D eigenvalue weighted by molar-refractivity contribution is -0.153. The van der Waals surface area contributed by atoms with Gasteiger partial charge in [-0.25, -0.2) is 9.86 Å². The largest absolute Gasteiger partial charge is 0.478 e. The summed E-state index contributed by atoms with van der Waals surface area (Å²) in [6, 6.07) is 0. The van der Waals surface area contributed by atoms with Crippen LogP contribution in [0, 0.1) is 0 Å². The van der Waals surface area contributed by atoms with Crippen LogP contribution >= 0.6 is 0 Å². The van der Waals surface area contributed by atoms with Crippen molar-refractivity contribution >= 4 is 11.9 Å². The van der Waals surface area contributed by atoms with Crippen molar-refractivity contribution in [3.63, 3.8) is 0 Å². The molecule has 0 aromatic carbocycles. The lowest BCUT2D eigenvalue weighted by atomic mass is 10.5. The van der Waals surface area contributed by atoms with Gasteiger partial charge in [0.15, 0.2) is 0 Å². The Bertz CT molecular complexity index is 172. The Kier molecular flexibility index (Phi) is 3.13. The van der Waals surface area contributed by atoms with Crippen molar-refractivity contribution in [2.45, 2.75) is 0 Å². The number of hydroxylamine groups is 2. The van der Waals surface area contributed by atoms with E-state index >= 15 is 0 Å². The zero-order chi connectivity index (χ0) is 8.15. The Hall–Kier alpha value is -1.36. The summed E-state index contributed by atoms with van der Waals surface area (Å²) in [5, 5.41) is 16.7. The Morgan fingerprint density at radius 3 is 2.20 bits per heavy atom. The number of hydrogen-bond acceptors (Lipinski definition) is 3. The van der Waals surface area contributed by atoms with Gasteiger partial charge < -0.3 is 5.11 Å².